The van der Waals surface area contributed by atoms with E-state index in [4.69, 9.17) is 4.74 Å². The Hall–Kier alpha value is -4.87. The molecule has 1 aliphatic heterocycles. The Morgan fingerprint density at radius 3 is 2.38 bits per heavy atom. The lowest BCUT2D eigenvalue weighted by Crippen LogP contribution is -2.50. The highest BCUT2D eigenvalue weighted by molar-refractivity contribution is 6.13. The SMILES string of the molecule is COC(=O)Nc1nc2ccc(C3(OC(=O)C(F)(F)F)c4ccccc4C(=O)N3c3cc(C)cc(C)c3)cc2[nH]1. The van der Waals surface area contributed by atoms with Gasteiger partial charge in [-0.25, -0.2) is 14.6 Å². The number of fused-ring (bicyclic) bond motifs is 2. The summed E-state index contributed by atoms with van der Waals surface area (Å²) in [6.07, 6.45) is -6.14. The summed E-state index contributed by atoms with van der Waals surface area (Å²) in [6.45, 7) is 3.56. The number of imidazole rings is 1. The highest BCUT2D eigenvalue weighted by atomic mass is 19.4. The second kappa shape index (κ2) is 9.15. The molecule has 4 aromatic rings. The number of anilines is 2. The minimum Gasteiger partial charge on any atom is -0.453 e. The highest BCUT2D eigenvalue weighted by Gasteiger charge is 2.58. The monoisotopic (exact) mass is 538 g/mol. The molecular formula is C27H21F3N4O5. The number of aromatic amines is 1. The Kier molecular flexibility index (Phi) is 6.05. The lowest BCUT2D eigenvalue weighted by Gasteiger charge is -2.39. The van der Waals surface area contributed by atoms with Crippen LogP contribution in [0.15, 0.2) is 60.7 Å². The largest absolute Gasteiger partial charge is 0.491 e. The number of hydrogen-bond acceptors (Lipinski definition) is 6. The van der Waals surface area contributed by atoms with E-state index in [1.807, 2.05) is 6.07 Å². The van der Waals surface area contributed by atoms with Gasteiger partial charge in [-0.15, -0.1) is 0 Å². The molecular weight excluding hydrogens is 517 g/mol. The van der Waals surface area contributed by atoms with Gasteiger partial charge in [0.2, 0.25) is 11.7 Å². The molecule has 0 saturated carbocycles. The maximum absolute atomic E-state index is 13.8. The Labute approximate surface area is 219 Å². The fourth-order valence-electron chi connectivity index (χ4n) is 4.79. The molecule has 2 heterocycles. The number of nitrogens with zero attached hydrogens (tertiary/aromatic N) is 2. The van der Waals surface area contributed by atoms with Crippen LogP contribution in [0.3, 0.4) is 0 Å². The summed E-state index contributed by atoms with van der Waals surface area (Å²) >= 11 is 0. The van der Waals surface area contributed by atoms with Crippen molar-refractivity contribution in [2.45, 2.75) is 25.7 Å². The number of nitrogens with one attached hydrogen (secondary N) is 2. The van der Waals surface area contributed by atoms with Gasteiger partial charge in [0.15, 0.2) is 0 Å². The minimum absolute atomic E-state index is 0.0180. The Balaban J connectivity index is 1.80. The molecule has 0 bridgehead atoms. The van der Waals surface area contributed by atoms with E-state index in [0.29, 0.717) is 11.0 Å². The van der Waals surface area contributed by atoms with Gasteiger partial charge in [0, 0.05) is 22.4 Å². The molecule has 0 fully saturated rings. The van der Waals surface area contributed by atoms with Gasteiger partial charge in [0.25, 0.3) is 5.91 Å². The Morgan fingerprint density at radius 2 is 1.72 bits per heavy atom. The quantitative estimate of drug-likeness (QED) is 0.340. The summed E-state index contributed by atoms with van der Waals surface area (Å²) in [5, 5.41) is 2.37. The molecule has 1 aromatic heterocycles. The number of H-pyrrole nitrogens is 1. The Morgan fingerprint density at radius 1 is 1.03 bits per heavy atom. The van der Waals surface area contributed by atoms with Crippen molar-refractivity contribution in [3.63, 3.8) is 0 Å². The number of benzene rings is 3. The standard InChI is InChI=1S/C27H21F3N4O5/c1-14-10-15(2)12-17(11-14)34-22(35)18-6-4-5-7-19(18)26(34,39-23(36)27(28,29)30)16-8-9-20-21(13-16)32-24(31-20)33-25(37)38-3/h4-13H,1-3H3,(H2,31,32,33,37). The van der Waals surface area contributed by atoms with Gasteiger partial charge in [-0.1, -0.05) is 30.3 Å². The number of esters is 1. The highest BCUT2D eigenvalue weighted by Crippen LogP contribution is 2.49. The number of carbonyl (C=O) groups excluding carboxylic acids is 3. The van der Waals surface area contributed by atoms with Gasteiger partial charge in [0.05, 0.1) is 18.1 Å². The number of halogens is 3. The lowest BCUT2D eigenvalue weighted by atomic mass is 9.92. The molecule has 5 rings (SSSR count). The van der Waals surface area contributed by atoms with Crippen molar-refractivity contribution in [3.05, 3.63) is 88.5 Å². The van der Waals surface area contributed by atoms with Crippen LogP contribution in [-0.4, -0.2) is 41.2 Å². The third-order valence-electron chi connectivity index (χ3n) is 6.26. The van der Waals surface area contributed by atoms with E-state index in [0.717, 1.165) is 16.0 Å². The van der Waals surface area contributed by atoms with Crippen LogP contribution >= 0.6 is 0 Å². The molecule has 200 valence electrons. The topological polar surface area (TPSA) is 114 Å². The van der Waals surface area contributed by atoms with Gasteiger partial charge in [-0.2, -0.15) is 13.2 Å². The average molecular weight is 538 g/mol. The van der Waals surface area contributed by atoms with Crippen molar-refractivity contribution in [1.29, 1.82) is 0 Å². The first-order valence-electron chi connectivity index (χ1n) is 11.6. The van der Waals surface area contributed by atoms with Crippen LogP contribution in [-0.2, 0) is 20.0 Å². The molecule has 0 aliphatic carbocycles. The maximum atomic E-state index is 13.8. The van der Waals surface area contributed by atoms with Crippen molar-refractivity contribution in [2.24, 2.45) is 0 Å². The lowest BCUT2D eigenvalue weighted by molar-refractivity contribution is -0.211. The fourth-order valence-corrected chi connectivity index (χ4v) is 4.79. The zero-order valence-corrected chi connectivity index (χ0v) is 20.8. The molecule has 3 aromatic carbocycles. The molecule has 1 unspecified atom stereocenters. The van der Waals surface area contributed by atoms with Crippen LogP contribution in [0.4, 0.5) is 29.6 Å². The van der Waals surface area contributed by atoms with Crippen LogP contribution < -0.4 is 10.2 Å². The van der Waals surface area contributed by atoms with Gasteiger partial charge >= 0.3 is 18.2 Å². The van der Waals surface area contributed by atoms with Crippen LogP contribution in [0.2, 0.25) is 0 Å². The number of ether oxygens (including phenoxy) is 2. The van der Waals surface area contributed by atoms with Crippen LogP contribution in [0, 0.1) is 13.8 Å². The third-order valence-corrected chi connectivity index (χ3v) is 6.26. The summed E-state index contributed by atoms with van der Waals surface area (Å²) < 4.78 is 51.0. The molecule has 39 heavy (non-hydrogen) atoms. The summed E-state index contributed by atoms with van der Waals surface area (Å²) in [5.41, 5.74) is 0.203. The first-order chi connectivity index (χ1) is 18.4. The normalized spacial score (nSPS) is 16.8. The fraction of sp³-hybridized carbons (Fsp3) is 0.185. The van der Waals surface area contributed by atoms with E-state index in [9.17, 15) is 27.6 Å². The number of hydrogen-bond donors (Lipinski definition) is 2. The minimum atomic E-state index is -5.35. The van der Waals surface area contributed by atoms with Crippen molar-refractivity contribution in [2.75, 3.05) is 17.3 Å². The van der Waals surface area contributed by atoms with Gasteiger partial charge < -0.3 is 14.5 Å². The number of rotatable bonds is 4. The molecule has 0 spiro atoms. The van der Waals surface area contributed by atoms with E-state index in [1.165, 1.54) is 37.4 Å². The summed E-state index contributed by atoms with van der Waals surface area (Å²) in [7, 11) is 1.17. The van der Waals surface area contributed by atoms with E-state index in [1.54, 1.807) is 38.1 Å². The second-order valence-corrected chi connectivity index (χ2v) is 9.00. The molecule has 12 heteroatoms. The molecule has 2 N–H and O–H groups in total. The number of carbonyl (C=O) groups is 3. The van der Waals surface area contributed by atoms with E-state index in [-0.39, 0.29) is 28.3 Å². The third kappa shape index (κ3) is 4.33. The first kappa shape index (κ1) is 25.8. The zero-order chi connectivity index (χ0) is 28.1. The predicted molar refractivity (Wildman–Crippen MR) is 134 cm³/mol. The van der Waals surface area contributed by atoms with Crippen LogP contribution in [0.5, 0.6) is 0 Å². The van der Waals surface area contributed by atoms with E-state index in [2.05, 4.69) is 20.0 Å². The first-order valence-corrected chi connectivity index (χ1v) is 11.6. The predicted octanol–water partition coefficient (Wildman–Crippen LogP) is 5.33. The Bertz CT molecular complexity index is 1630. The van der Waals surface area contributed by atoms with Crippen molar-refractivity contribution < 1.29 is 37.0 Å². The number of alkyl halides is 3. The second-order valence-electron chi connectivity index (χ2n) is 9.00. The van der Waals surface area contributed by atoms with Gasteiger partial charge in [-0.05, 0) is 55.3 Å². The van der Waals surface area contributed by atoms with Crippen LogP contribution in [0.25, 0.3) is 11.0 Å². The smallest absolute Gasteiger partial charge is 0.453 e. The molecule has 0 radical (unpaired) electrons. The number of aryl methyl sites for hydroxylation is 2. The molecule has 1 atom stereocenters. The van der Waals surface area contributed by atoms with Crippen molar-refractivity contribution in [3.8, 4) is 0 Å². The zero-order valence-electron chi connectivity index (χ0n) is 20.8. The number of methoxy groups -OCH3 is 1. The van der Waals surface area contributed by atoms with Crippen LogP contribution in [0.1, 0.15) is 32.6 Å². The van der Waals surface area contributed by atoms with Crippen molar-refractivity contribution >= 4 is 40.6 Å². The summed E-state index contributed by atoms with van der Waals surface area (Å²) in [6, 6.07) is 15.4. The molecule has 9 nitrogen and oxygen atoms in total. The number of aromatic nitrogens is 2. The molecule has 2 amide bonds. The van der Waals surface area contributed by atoms with E-state index >= 15 is 0 Å². The molecule has 0 saturated heterocycles. The summed E-state index contributed by atoms with van der Waals surface area (Å²) in [5.74, 6) is -3.10. The molecule has 1 aliphatic rings. The van der Waals surface area contributed by atoms with Crippen molar-refractivity contribution in [1.82, 2.24) is 9.97 Å². The summed E-state index contributed by atoms with van der Waals surface area (Å²) in [4.78, 5) is 46.1. The van der Waals surface area contributed by atoms with Gasteiger partial charge in [0.1, 0.15) is 0 Å². The maximum Gasteiger partial charge on any atom is 0.491 e. The van der Waals surface area contributed by atoms with E-state index < -0.39 is 29.9 Å². The average Bonchev–Trinajstić information content (AvgIpc) is 3.38. The van der Waals surface area contributed by atoms with Gasteiger partial charge in [-0.3, -0.25) is 15.0 Å². The number of amides is 2.